The Labute approximate surface area is 133 Å². The topological polar surface area (TPSA) is 78.9 Å². The van der Waals surface area contributed by atoms with Crippen LogP contribution in [0, 0.1) is 6.92 Å². The van der Waals surface area contributed by atoms with Crippen molar-refractivity contribution in [2.75, 3.05) is 0 Å². The summed E-state index contributed by atoms with van der Waals surface area (Å²) < 4.78 is 1.63. The first-order chi connectivity index (χ1) is 11.3. The molecule has 0 aliphatic carbocycles. The van der Waals surface area contributed by atoms with Crippen molar-refractivity contribution in [2.24, 2.45) is 10.1 Å². The van der Waals surface area contributed by atoms with Gasteiger partial charge < -0.3 is 0 Å². The van der Waals surface area contributed by atoms with Gasteiger partial charge in [0.25, 0.3) is 0 Å². The summed E-state index contributed by atoms with van der Waals surface area (Å²) in [7, 11) is 0. The third kappa shape index (κ3) is 3.12. The first kappa shape index (κ1) is 14.6. The molecule has 0 aliphatic heterocycles. The molecule has 0 saturated heterocycles. The minimum Gasteiger partial charge on any atom is -0.256 e. The van der Waals surface area contributed by atoms with Gasteiger partial charge in [0, 0.05) is 16.7 Å². The Bertz CT molecular complexity index is 874. The maximum atomic E-state index is 8.88. The van der Waals surface area contributed by atoms with Crippen molar-refractivity contribution < 1.29 is 0 Å². The number of hydrogen-bond donors (Lipinski definition) is 0. The second-order valence-electron chi connectivity index (χ2n) is 4.85. The Balaban J connectivity index is 2.09. The van der Waals surface area contributed by atoms with Crippen molar-refractivity contribution in [2.45, 2.75) is 6.92 Å². The quantitative estimate of drug-likeness (QED) is 0.293. The van der Waals surface area contributed by atoms with E-state index in [1.807, 2.05) is 67.6 Å². The first-order valence-corrected chi connectivity index (χ1v) is 7.09. The summed E-state index contributed by atoms with van der Waals surface area (Å²) in [6.07, 6.45) is 1.68. The van der Waals surface area contributed by atoms with Crippen LogP contribution in [0.5, 0.6) is 0 Å². The first-order valence-electron chi connectivity index (χ1n) is 7.09. The van der Waals surface area contributed by atoms with Crippen molar-refractivity contribution in [3.8, 4) is 5.69 Å². The molecule has 0 aliphatic rings. The van der Waals surface area contributed by atoms with E-state index in [1.54, 1.807) is 10.9 Å². The molecule has 1 aromatic heterocycles. The fraction of sp³-hybridized carbons (Fsp3) is 0.0588. The molecular formula is C17H14N6. The highest BCUT2D eigenvalue weighted by atomic mass is 15.4. The molecule has 1 heterocycles. The van der Waals surface area contributed by atoms with Crippen LogP contribution in [-0.2, 0) is 0 Å². The minimum atomic E-state index is 0.427. The summed E-state index contributed by atoms with van der Waals surface area (Å²) in [6, 6.07) is 19.1. The second-order valence-corrected chi connectivity index (χ2v) is 4.85. The molecule has 6 nitrogen and oxygen atoms in total. The molecule has 0 fully saturated rings. The number of aryl methyl sites for hydroxylation is 1. The van der Waals surface area contributed by atoms with Crippen molar-refractivity contribution >= 4 is 17.7 Å². The van der Waals surface area contributed by atoms with E-state index in [0.717, 1.165) is 17.1 Å². The van der Waals surface area contributed by atoms with Crippen LogP contribution in [0.25, 0.3) is 16.1 Å². The number of aromatic nitrogens is 2. The smallest absolute Gasteiger partial charge is 0.139 e. The van der Waals surface area contributed by atoms with Crippen molar-refractivity contribution in [3.63, 3.8) is 0 Å². The summed E-state index contributed by atoms with van der Waals surface area (Å²) in [5, 5.41) is 8.28. The molecular weight excluding hydrogens is 288 g/mol. The van der Waals surface area contributed by atoms with Gasteiger partial charge in [-0.15, -0.1) is 0 Å². The van der Waals surface area contributed by atoms with Crippen molar-refractivity contribution in [1.29, 1.82) is 0 Å². The molecule has 2 aromatic carbocycles. The molecule has 6 heteroatoms. The minimum absolute atomic E-state index is 0.427. The summed E-state index contributed by atoms with van der Waals surface area (Å²) in [6.45, 7) is 1.86. The number of nitrogens with zero attached hydrogens (tertiary/aromatic N) is 6. The van der Waals surface area contributed by atoms with Crippen LogP contribution in [0.2, 0.25) is 0 Å². The summed E-state index contributed by atoms with van der Waals surface area (Å²) >= 11 is 0. The van der Waals surface area contributed by atoms with Crippen LogP contribution < -0.4 is 0 Å². The summed E-state index contributed by atoms with van der Waals surface area (Å²) in [4.78, 5) is 7.35. The van der Waals surface area contributed by atoms with Gasteiger partial charge in [-0.25, -0.2) is 4.68 Å². The fourth-order valence-corrected chi connectivity index (χ4v) is 2.22. The zero-order chi connectivity index (χ0) is 16.1. The molecule has 0 saturated carbocycles. The van der Waals surface area contributed by atoms with E-state index < -0.39 is 0 Å². The van der Waals surface area contributed by atoms with Gasteiger partial charge in [0.2, 0.25) is 0 Å². The largest absolute Gasteiger partial charge is 0.256 e. The number of hydrogen-bond acceptors (Lipinski definition) is 3. The Hall–Kier alpha value is -3.37. The van der Waals surface area contributed by atoms with Crippen LogP contribution in [0.4, 0.5) is 11.5 Å². The third-order valence-corrected chi connectivity index (χ3v) is 3.32. The van der Waals surface area contributed by atoms with Gasteiger partial charge in [-0.2, -0.15) is 5.10 Å². The highest BCUT2D eigenvalue weighted by Gasteiger charge is 2.13. The Kier molecular flexibility index (Phi) is 4.18. The van der Waals surface area contributed by atoms with Gasteiger partial charge in [-0.05, 0) is 41.8 Å². The van der Waals surface area contributed by atoms with Crippen LogP contribution >= 0.6 is 0 Å². The molecule has 0 atom stereocenters. The predicted molar refractivity (Wildman–Crippen MR) is 90.8 cm³/mol. The monoisotopic (exact) mass is 302 g/mol. The SMILES string of the molecule is Cc1nn(-c2ccccc2)c(N=[N+]=[N-])c1C=Nc1ccccc1. The van der Waals surface area contributed by atoms with E-state index in [4.69, 9.17) is 5.53 Å². The summed E-state index contributed by atoms with van der Waals surface area (Å²) in [5.74, 6) is 0.427. The maximum Gasteiger partial charge on any atom is 0.139 e. The van der Waals surface area contributed by atoms with E-state index in [0.29, 0.717) is 11.4 Å². The van der Waals surface area contributed by atoms with Crippen LogP contribution in [-0.4, -0.2) is 16.0 Å². The standard InChI is InChI=1S/C17H14N6/c1-13-16(12-19-14-8-4-2-5-9-14)17(20-22-18)23(21-13)15-10-6-3-7-11-15/h2-12H,1H3. The third-order valence-electron chi connectivity index (χ3n) is 3.32. The molecule has 0 radical (unpaired) electrons. The normalized spacial score (nSPS) is 10.7. The Morgan fingerprint density at radius 2 is 1.70 bits per heavy atom. The molecule has 3 aromatic rings. The van der Waals surface area contributed by atoms with Crippen LogP contribution in [0.3, 0.4) is 0 Å². The van der Waals surface area contributed by atoms with Gasteiger partial charge in [0.1, 0.15) is 5.82 Å². The number of rotatable bonds is 4. The van der Waals surface area contributed by atoms with Gasteiger partial charge >= 0.3 is 0 Å². The Morgan fingerprint density at radius 3 is 2.35 bits per heavy atom. The summed E-state index contributed by atoms with van der Waals surface area (Å²) in [5.41, 5.74) is 12.0. The number of benzene rings is 2. The molecule has 0 bridgehead atoms. The lowest BCUT2D eigenvalue weighted by Crippen LogP contribution is -1.95. The van der Waals surface area contributed by atoms with Gasteiger partial charge in [0.05, 0.1) is 17.1 Å². The van der Waals surface area contributed by atoms with Gasteiger partial charge in [0.15, 0.2) is 0 Å². The lowest BCUT2D eigenvalue weighted by molar-refractivity contribution is 0.861. The van der Waals surface area contributed by atoms with Crippen LogP contribution in [0.1, 0.15) is 11.3 Å². The average molecular weight is 302 g/mol. The van der Waals surface area contributed by atoms with E-state index in [-0.39, 0.29) is 0 Å². The molecule has 0 N–H and O–H groups in total. The highest BCUT2D eigenvalue weighted by molar-refractivity contribution is 5.89. The average Bonchev–Trinajstić information content (AvgIpc) is 2.91. The second kappa shape index (κ2) is 6.60. The van der Waals surface area contributed by atoms with Crippen molar-refractivity contribution in [3.05, 3.63) is 82.4 Å². The molecule has 0 spiro atoms. The molecule has 0 unspecified atom stereocenters. The lowest BCUT2D eigenvalue weighted by atomic mass is 10.2. The molecule has 3 rings (SSSR count). The van der Waals surface area contributed by atoms with E-state index >= 15 is 0 Å². The van der Waals surface area contributed by atoms with Crippen LogP contribution in [0.15, 0.2) is 70.8 Å². The zero-order valence-electron chi connectivity index (χ0n) is 12.5. The number of aliphatic imine (C=N–C) groups is 1. The zero-order valence-corrected chi connectivity index (χ0v) is 12.5. The Morgan fingerprint density at radius 1 is 1.04 bits per heavy atom. The highest BCUT2D eigenvalue weighted by Crippen LogP contribution is 2.26. The van der Waals surface area contributed by atoms with Crippen molar-refractivity contribution in [1.82, 2.24) is 9.78 Å². The predicted octanol–water partition coefficient (Wildman–Crippen LogP) is 4.87. The number of azide groups is 1. The molecule has 112 valence electrons. The van der Waals surface area contributed by atoms with E-state index in [1.165, 1.54) is 0 Å². The van der Waals surface area contributed by atoms with Gasteiger partial charge in [-0.3, -0.25) is 4.99 Å². The molecule has 0 amide bonds. The maximum absolute atomic E-state index is 8.88. The molecule has 23 heavy (non-hydrogen) atoms. The van der Waals surface area contributed by atoms with E-state index in [2.05, 4.69) is 20.1 Å². The fourth-order valence-electron chi connectivity index (χ4n) is 2.22. The lowest BCUT2D eigenvalue weighted by Gasteiger charge is -2.03. The van der Waals surface area contributed by atoms with Gasteiger partial charge in [-0.1, -0.05) is 36.4 Å². The number of para-hydroxylation sites is 2. The van der Waals surface area contributed by atoms with E-state index in [9.17, 15) is 0 Å².